The van der Waals surface area contributed by atoms with Gasteiger partial charge in [0.05, 0.1) is 18.1 Å². The molecule has 0 aromatic heterocycles. The molecule has 0 aromatic carbocycles. The molecule has 2 N–H and O–H groups in total. The predicted octanol–water partition coefficient (Wildman–Crippen LogP) is 0.177. The summed E-state index contributed by atoms with van der Waals surface area (Å²) in [7, 11) is 1.52. The van der Waals surface area contributed by atoms with Gasteiger partial charge in [-0.2, -0.15) is 0 Å². The number of amides is 2. The van der Waals surface area contributed by atoms with E-state index in [1.165, 1.54) is 11.9 Å². The molecule has 0 aliphatic heterocycles. The van der Waals surface area contributed by atoms with E-state index in [1.807, 2.05) is 20.8 Å². The van der Waals surface area contributed by atoms with Gasteiger partial charge in [0, 0.05) is 12.6 Å². The van der Waals surface area contributed by atoms with E-state index in [-0.39, 0.29) is 35.4 Å². The van der Waals surface area contributed by atoms with E-state index in [2.05, 4.69) is 5.32 Å². The Morgan fingerprint density at radius 3 is 2.22 bits per heavy atom. The first-order valence-electron chi connectivity index (χ1n) is 5.46. The second-order valence-electron chi connectivity index (χ2n) is 4.93. The number of nitrogens with one attached hydrogen (secondary N) is 1. The smallest absolute Gasteiger partial charge is 0.313 e. The molecule has 18 heavy (non-hydrogen) atoms. The van der Waals surface area contributed by atoms with Crippen molar-refractivity contribution in [2.24, 2.45) is 0 Å². The number of carbonyl (C=O) groups is 3. The summed E-state index contributed by atoms with van der Waals surface area (Å²) in [6.07, 6.45) is 0. The molecule has 0 radical (unpaired) electrons. The number of carboxylic acid groups (broad SMARTS) is 1. The summed E-state index contributed by atoms with van der Waals surface area (Å²) in [5.74, 6) is -1.51. The number of thioether (sulfide) groups is 1. The Morgan fingerprint density at radius 1 is 1.22 bits per heavy atom. The van der Waals surface area contributed by atoms with Gasteiger partial charge in [0.15, 0.2) is 0 Å². The lowest BCUT2D eigenvalue weighted by Gasteiger charge is -2.23. The first-order chi connectivity index (χ1) is 8.11. The normalized spacial score (nSPS) is 10.9. The van der Waals surface area contributed by atoms with Crippen molar-refractivity contribution < 1.29 is 19.5 Å². The van der Waals surface area contributed by atoms with E-state index in [4.69, 9.17) is 5.11 Å². The maximum absolute atomic E-state index is 11.6. The van der Waals surface area contributed by atoms with Crippen molar-refractivity contribution in [2.45, 2.75) is 26.3 Å². The minimum atomic E-state index is -0.957. The van der Waals surface area contributed by atoms with Crippen molar-refractivity contribution in [3.63, 3.8) is 0 Å². The molecule has 104 valence electrons. The molecule has 0 atom stereocenters. The third-order valence-electron chi connectivity index (χ3n) is 1.77. The molecule has 0 bridgehead atoms. The summed E-state index contributed by atoms with van der Waals surface area (Å²) in [6.45, 7) is 5.55. The van der Waals surface area contributed by atoms with Crippen LogP contribution in [0.15, 0.2) is 0 Å². The maximum atomic E-state index is 11.6. The Bertz CT molecular complexity index is 325. The fourth-order valence-corrected chi connectivity index (χ4v) is 1.77. The Hall–Kier alpha value is -1.24. The van der Waals surface area contributed by atoms with Crippen molar-refractivity contribution in [3.05, 3.63) is 0 Å². The molecule has 0 aromatic rings. The van der Waals surface area contributed by atoms with Crippen LogP contribution >= 0.6 is 11.8 Å². The summed E-state index contributed by atoms with van der Waals surface area (Å²) in [4.78, 5) is 34.7. The number of likely N-dealkylation sites (N-methyl/N-ethyl adjacent to an activating group) is 1. The molecular formula is C11H20N2O4S. The van der Waals surface area contributed by atoms with Crippen LogP contribution in [0.4, 0.5) is 0 Å². The highest BCUT2D eigenvalue weighted by molar-refractivity contribution is 8.00. The minimum absolute atomic E-state index is 0.0241. The van der Waals surface area contributed by atoms with Gasteiger partial charge in [0.1, 0.15) is 0 Å². The average molecular weight is 276 g/mol. The van der Waals surface area contributed by atoms with Crippen molar-refractivity contribution in [3.8, 4) is 0 Å². The third kappa shape index (κ3) is 8.86. The van der Waals surface area contributed by atoms with Gasteiger partial charge in [-0.15, -0.1) is 11.8 Å². The van der Waals surface area contributed by atoms with Gasteiger partial charge in [-0.05, 0) is 20.8 Å². The van der Waals surface area contributed by atoms with Crippen molar-refractivity contribution in [1.82, 2.24) is 10.2 Å². The van der Waals surface area contributed by atoms with Crippen molar-refractivity contribution >= 4 is 29.5 Å². The Labute approximate surface area is 111 Å². The van der Waals surface area contributed by atoms with E-state index < -0.39 is 5.97 Å². The largest absolute Gasteiger partial charge is 0.481 e. The number of nitrogens with zero attached hydrogens (tertiary/aromatic N) is 1. The highest BCUT2D eigenvalue weighted by Gasteiger charge is 2.17. The van der Waals surface area contributed by atoms with Crippen LogP contribution in [0.2, 0.25) is 0 Å². The molecule has 0 rings (SSSR count). The van der Waals surface area contributed by atoms with Crippen molar-refractivity contribution in [2.75, 3.05) is 25.1 Å². The SMILES string of the molecule is CN(CC(=O)NC(C)(C)C)C(=O)CSCC(=O)O. The van der Waals surface area contributed by atoms with Gasteiger partial charge >= 0.3 is 5.97 Å². The molecule has 0 fully saturated rings. The molecule has 0 heterocycles. The van der Waals surface area contributed by atoms with E-state index >= 15 is 0 Å². The number of carboxylic acids is 1. The summed E-state index contributed by atoms with van der Waals surface area (Å²) >= 11 is 1.02. The lowest BCUT2D eigenvalue weighted by atomic mass is 10.1. The fourth-order valence-electron chi connectivity index (χ4n) is 1.10. The molecule has 0 spiro atoms. The van der Waals surface area contributed by atoms with Crippen LogP contribution in [0.5, 0.6) is 0 Å². The molecule has 0 saturated heterocycles. The van der Waals surface area contributed by atoms with Gasteiger partial charge in [0.2, 0.25) is 11.8 Å². The molecule has 0 unspecified atom stereocenters. The van der Waals surface area contributed by atoms with Gasteiger partial charge < -0.3 is 15.3 Å². The zero-order chi connectivity index (χ0) is 14.3. The minimum Gasteiger partial charge on any atom is -0.481 e. The Kier molecular flexibility index (Phi) is 6.75. The van der Waals surface area contributed by atoms with Crippen LogP contribution in [0.3, 0.4) is 0 Å². The van der Waals surface area contributed by atoms with Gasteiger partial charge in [-0.1, -0.05) is 0 Å². The fraction of sp³-hybridized carbons (Fsp3) is 0.727. The summed E-state index contributed by atoms with van der Waals surface area (Å²) in [5, 5.41) is 11.2. The number of hydrogen-bond acceptors (Lipinski definition) is 4. The van der Waals surface area contributed by atoms with Crippen LogP contribution in [-0.2, 0) is 14.4 Å². The standard InChI is InChI=1S/C11H20N2O4S/c1-11(2,3)12-8(14)5-13(4)9(15)6-18-7-10(16)17/h5-7H2,1-4H3,(H,12,14)(H,16,17). The van der Waals surface area contributed by atoms with Crippen LogP contribution < -0.4 is 5.32 Å². The number of rotatable bonds is 6. The predicted molar refractivity (Wildman–Crippen MR) is 70.5 cm³/mol. The zero-order valence-corrected chi connectivity index (χ0v) is 12.0. The third-order valence-corrected chi connectivity index (χ3v) is 2.67. The van der Waals surface area contributed by atoms with Crippen molar-refractivity contribution in [1.29, 1.82) is 0 Å². The number of aliphatic carboxylic acids is 1. The molecule has 0 saturated carbocycles. The molecule has 7 heteroatoms. The summed E-state index contributed by atoms with van der Waals surface area (Å²) in [5.41, 5.74) is -0.334. The maximum Gasteiger partial charge on any atom is 0.313 e. The average Bonchev–Trinajstić information content (AvgIpc) is 2.13. The molecule has 0 aliphatic carbocycles. The molecular weight excluding hydrogens is 256 g/mol. The van der Waals surface area contributed by atoms with E-state index in [1.54, 1.807) is 0 Å². The zero-order valence-electron chi connectivity index (χ0n) is 11.1. The number of hydrogen-bond donors (Lipinski definition) is 2. The summed E-state index contributed by atoms with van der Waals surface area (Å²) < 4.78 is 0. The monoisotopic (exact) mass is 276 g/mol. The molecule has 2 amide bonds. The first-order valence-corrected chi connectivity index (χ1v) is 6.62. The molecule has 0 aliphatic rings. The quantitative estimate of drug-likeness (QED) is 0.722. The van der Waals surface area contributed by atoms with Crippen LogP contribution in [-0.4, -0.2) is 58.4 Å². The Balaban J connectivity index is 4.00. The van der Waals surface area contributed by atoms with Gasteiger partial charge in [0.25, 0.3) is 0 Å². The topological polar surface area (TPSA) is 86.7 Å². The highest BCUT2D eigenvalue weighted by Crippen LogP contribution is 2.02. The van der Waals surface area contributed by atoms with Gasteiger partial charge in [-0.3, -0.25) is 14.4 Å². The van der Waals surface area contributed by atoms with E-state index in [9.17, 15) is 14.4 Å². The van der Waals surface area contributed by atoms with E-state index in [0.717, 1.165) is 11.8 Å². The van der Waals surface area contributed by atoms with E-state index in [0.29, 0.717) is 0 Å². The summed E-state index contributed by atoms with van der Waals surface area (Å²) in [6, 6.07) is 0. The lowest BCUT2D eigenvalue weighted by Crippen LogP contribution is -2.46. The van der Waals surface area contributed by atoms with Gasteiger partial charge in [-0.25, -0.2) is 0 Å². The Morgan fingerprint density at radius 2 is 1.78 bits per heavy atom. The number of carbonyl (C=O) groups excluding carboxylic acids is 2. The highest BCUT2D eigenvalue weighted by atomic mass is 32.2. The lowest BCUT2D eigenvalue weighted by molar-refractivity contribution is -0.134. The second-order valence-corrected chi connectivity index (χ2v) is 5.92. The molecule has 6 nitrogen and oxygen atoms in total. The van der Waals surface area contributed by atoms with Crippen LogP contribution in [0.25, 0.3) is 0 Å². The first kappa shape index (κ1) is 16.8. The van der Waals surface area contributed by atoms with Crippen LogP contribution in [0.1, 0.15) is 20.8 Å². The van der Waals surface area contributed by atoms with Crippen LogP contribution in [0, 0.1) is 0 Å². The second kappa shape index (κ2) is 7.25.